The van der Waals surface area contributed by atoms with E-state index in [0.29, 0.717) is 45.7 Å². The van der Waals surface area contributed by atoms with Crippen molar-refractivity contribution in [1.82, 2.24) is 0 Å². The highest BCUT2D eigenvalue weighted by atomic mass is 35.5. The second-order valence-corrected chi connectivity index (χ2v) is 8.61. The van der Waals surface area contributed by atoms with Crippen molar-refractivity contribution in [3.63, 3.8) is 0 Å². The first-order chi connectivity index (χ1) is 17.3. The Morgan fingerprint density at radius 3 is 2.33 bits per heavy atom. The van der Waals surface area contributed by atoms with Gasteiger partial charge in [-0.25, -0.2) is 0 Å². The maximum Gasteiger partial charge on any atom is 0.300 e. The van der Waals surface area contributed by atoms with Gasteiger partial charge in [0.1, 0.15) is 11.5 Å². The molecule has 1 aliphatic heterocycles. The van der Waals surface area contributed by atoms with Gasteiger partial charge in [-0.2, -0.15) is 0 Å². The number of carbonyl (C=O) groups excluding carboxylic acids is 2. The number of hydrogen-bond acceptors (Lipinski definition) is 6. The Hall–Kier alpha value is -3.97. The average molecular weight is 508 g/mol. The van der Waals surface area contributed by atoms with Crippen molar-refractivity contribution < 1.29 is 28.9 Å². The van der Waals surface area contributed by atoms with Crippen LogP contribution >= 0.6 is 11.6 Å². The van der Waals surface area contributed by atoms with Gasteiger partial charge in [0.2, 0.25) is 0 Å². The molecule has 0 spiro atoms. The highest BCUT2D eigenvalue weighted by Crippen LogP contribution is 2.44. The smallest absolute Gasteiger partial charge is 0.300 e. The third-order valence-corrected chi connectivity index (χ3v) is 6.24. The van der Waals surface area contributed by atoms with Crippen LogP contribution < -0.4 is 19.1 Å². The normalized spacial score (nSPS) is 16.8. The van der Waals surface area contributed by atoms with Crippen molar-refractivity contribution in [2.75, 3.05) is 25.7 Å². The van der Waals surface area contributed by atoms with Crippen LogP contribution in [-0.2, 0) is 9.59 Å². The van der Waals surface area contributed by atoms with Gasteiger partial charge in [-0.1, -0.05) is 23.7 Å². The lowest BCUT2D eigenvalue weighted by molar-refractivity contribution is -0.132. The summed E-state index contributed by atoms with van der Waals surface area (Å²) in [6, 6.07) is 15.9. The van der Waals surface area contributed by atoms with Crippen LogP contribution in [-0.4, -0.2) is 37.6 Å². The van der Waals surface area contributed by atoms with Gasteiger partial charge in [-0.3, -0.25) is 14.5 Å². The monoisotopic (exact) mass is 507 g/mol. The minimum Gasteiger partial charge on any atom is -0.507 e. The van der Waals surface area contributed by atoms with E-state index in [1.54, 1.807) is 67.8 Å². The number of ketones is 1. The highest BCUT2D eigenvalue weighted by molar-refractivity contribution is 6.51. The molecule has 1 atom stereocenters. The number of benzene rings is 3. The molecule has 3 aromatic carbocycles. The van der Waals surface area contributed by atoms with Crippen LogP contribution in [0.2, 0.25) is 5.02 Å². The summed E-state index contributed by atoms with van der Waals surface area (Å²) in [6.07, 6.45) is 0. The molecule has 1 fully saturated rings. The number of nitrogens with zero attached hydrogens (tertiary/aromatic N) is 1. The number of methoxy groups -OCH3 is 2. The minimum atomic E-state index is -0.934. The Kier molecular flexibility index (Phi) is 7.22. The number of amides is 1. The Bertz CT molecular complexity index is 1370. The summed E-state index contributed by atoms with van der Waals surface area (Å²) < 4.78 is 16.4. The molecule has 0 aromatic heterocycles. The van der Waals surface area contributed by atoms with E-state index in [4.69, 9.17) is 25.8 Å². The van der Waals surface area contributed by atoms with Crippen LogP contribution in [0, 0.1) is 6.92 Å². The zero-order chi connectivity index (χ0) is 26.0. The highest BCUT2D eigenvalue weighted by Gasteiger charge is 2.47. The number of anilines is 1. The van der Waals surface area contributed by atoms with Crippen LogP contribution in [0.25, 0.3) is 5.76 Å². The number of aliphatic hydroxyl groups excluding tert-OH is 1. The second kappa shape index (κ2) is 10.3. The first-order valence-electron chi connectivity index (χ1n) is 11.3. The Labute approximate surface area is 214 Å². The largest absolute Gasteiger partial charge is 0.507 e. The zero-order valence-electron chi connectivity index (χ0n) is 20.4. The molecule has 0 aliphatic carbocycles. The van der Waals surface area contributed by atoms with E-state index in [1.807, 2.05) is 13.8 Å². The number of aryl methyl sites for hydroxylation is 1. The average Bonchev–Trinajstić information content (AvgIpc) is 3.14. The molecule has 1 N–H and O–H groups in total. The van der Waals surface area contributed by atoms with Gasteiger partial charge in [0.15, 0.2) is 11.5 Å². The van der Waals surface area contributed by atoms with Crippen LogP contribution in [0.5, 0.6) is 17.2 Å². The number of rotatable bonds is 7. The number of carbonyl (C=O) groups is 2. The van der Waals surface area contributed by atoms with Crippen LogP contribution in [0.3, 0.4) is 0 Å². The molecular formula is C28H26ClNO6. The molecule has 1 amide bonds. The summed E-state index contributed by atoms with van der Waals surface area (Å²) in [4.78, 5) is 28.1. The lowest BCUT2D eigenvalue weighted by Gasteiger charge is -2.26. The first-order valence-corrected chi connectivity index (χ1v) is 11.7. The first kappa shape index (κ1) is 25.1. The molecule has 3 aromatic rings. The van der Waals surface area contributed by atoms with E-state index in [1.165, 1.54) is 12.0 Å². The standard InChI is InChI=1S/C28H26ClNO6/c1-5-36-23-14-17(9-12-22(23)35-4)25-24(26(31)18-10-11-21(34-3)16(2)13-18)27(32)28(33)30(25)20-8-6-7-19(29)15-20/h6-15,25,31H,5H2,1-4H3/b26-24-. The van der Waals surface area contributed by atoms with Gasteiger partial charge in [0.25, 0.3) is 11.7 Å². The maximum atomic E-state index is 13.4. The van der Waals surface area contributed by atoms with E-state index in [-0.39, 0.29) is 11.3 Å². The Morgan fingerprint density at radius 2 is 1.69 bits per heavy atom. The minimum absolute atomic E-state index is 0.0443. The fourth-order valence-corrected chi connectivity index (χ4v) is 4.54. The van der Waals surface area contributed by atoms with Gasteiger partial charge in [-0.15, -0.1) is 0 Å². The van der Waals surface area contributed by atoms with Crippen molar-refractivity contribution in [2.24, 2.45) is 0 Å². The molecule has 36 heavy (non-hydrogen) atoms. The molecule has 0 bridgehead atoms. The van der Waals surface area contributed by atoms with Crippen molar-refractivity contribution >= 4 is 34.7 Å². The predicted molar refractivity (Wildman–Crippen MR) is 138 cm³/mol. The molecule has 186 valence electrons. The number of Topliss-reactive ketones (excluding diaryl/α,β-unsaturated/α-hetero) is 1. The van der Waals surface area contributed by atoms with Gasteiger partial charge in [-0.05, 0) is 73.5 Å². The van der Waals surface area contributed by atoms with E-state index < -0.39 is 17.7 Å². The van der Waals surface area contributed by atoms with Crippen LogP contribution in [0.15, 0.2) is 66.2 Å². The number of halogens is 1. The SMILES string of the molecule is CCOc1cc(C2/C(=C(/O)c3ccc(OC)c(C)c3)C(=O)C(=O)N2c2cccc(Cl)c2)ccc1OC. The molecule has 1 unspecified atom stereocenters. The zero-order valence-corrected chi connectivity index (χ0v) is 21.1. The quantitative estimate of drug-likeness (QED) is 0.251. The fraction of sp³-hybridized carbons (Fsp3) is 0.214. The van der Waals surface area contributed by atoms with E-state index in [0.717, 1.165) is 5.56 Å². The number of ether oxygens (including phenoxy) is 3. The number of hydrogen-bond donors (Lipinski definition) is 1. The molecule has 0 saturated carbocycles. The van der Waals surface area contributed by atoms with Gasteiger partial charge >= 0.3 is 0 Å². The summed E-state index contributed by atoms with van der Waals surface area (Å²) in [5.41, 5.74) is 2.10. The molecular weight excluding hydrogens is 482 g/mol. The van der Waals surface area contributed by atoms with E-state index in [9.17, 15) is 14.7 Å². The lowest BCUT2D eigenvalue weighted by atomic mass is 9.94. The molecule has 0 radical (unpaired) electrons. The van der Waals surface area contributed by atoms with Crippen LogP contribution in [0.1, 0.15) is 29.7 Å². The summed E-state index contributed by atoms with van der Waals surface area (Å²) >= 11 is 6.22. The second-order valence-electron chi connectivity index (χ2n) is 8.18. The van der Waals surface area contributed by atoms with Gasteiger partial charge in [0.05, 0.1) is 32.4 Å². The fourth-order valence-electron chi connectivity index (χ4n) is 4.35. The molecule has 1 saturated heterocycles. The third-order valence-electron chi connectivity index (χ3n) is 6.00. The molecule has 4 rings (SSSR count). The van der Waals surface area contributed by atoms with E-state index in [2.05, 4.69) is 0 Å². The van der Waals surface area contributed by atoms with Gasteiger partial charge in [0, 0.05) is 16.3 Å². The maximum absolute atomic E-state index is 13.4. The van der Waals surface area contributed by atoms with Crippen molar-refractivity contribution in [3.05, 3.63) is 87.9 Å². The summed E-state index contributed by atoms with van der Waals surface area (Å²) in [6.45, 7) is 4.06. The molecule has 8 heteroatoms. The summed E-state index contributed by atoms with van der Waals surface area (Å²) in [7, 11) is 3.08. The molecule has 7 nitrogen and oxygen atoms in total. The Balaban J connectivity index is 1.97. The predicted octanol–water partition coefficient (Wildman–Crippen LogP) is 5.69. The third kappa shape index (κ3) is 4.50. The van der Waals surface area contributed by atoms with E-state index >= 15 is 0 Å². The van der Waals surface area contributed by atoms with Crippen molar-refractivity contribution in [1.29, 1.82) is 0 Å². The van der Waals surface area contributed by atoms with Crippen molar-refractivity contribution in [2.45, 2.75) is 19.9 Å². The number of aliphatic hydroxyl groups is 1. The van der Waals surface area contributed by atoms with Gasteiger partial charge < -0.3 is 19.3 Å². The summed E-state index contributed by atoms with van der Waals surface area (Å²) in [5, 5.41) is 11.8. The van der Waals surface area contributed by atoms with Crippen molar-refractivity contribution in [3.8, 4) is 17.2 Å². The summed E-state index contributed by atoms with van der Waals surface area (Å²) in [5.74, 6) is -0.274. The lowest BCUT2D eigenvalue weighted by Crippen LogP contribution is -2.29. The van der Waals surface area contributed by atoms with Crippen LogP contribution in [0.4, 0.5) is 5.69 Å². The topological polar surface area (TPSA) is 85.3 Å². The molecule has 1 aliphatic rings. The molecule has 1 heterocycles. The Morgan fingerprint density at radius 1 is 0.972 bits per heavy atom.